The zero-order valence-corrected chi connectivity index (χ0v) is 9.65. The molecule has 0 radical (unpaired) electrons. The van der Waals surface area contributed by atoms with E-state index >= 15 is 0 Å². The Balaban J connectivity index is 2.68. The number of carboxylic acids is 1. The van der Waals surface area contributed by atoms with Crippen molar-refractivity contribution in [2.24, 2.45) is 0 Å². The zero-order chi connectivity index (χ0) is 12.6. The fraction of sp³-hybridized carbons (Fsp3) is 0.231. The fourth-order valence-corrected chi connectivity index (χ4v) is 1.75. The molecule has 0 aliphatic carbocycles. The first-order valence-electron chi connectivity index (χ1n) is 5.35. The maximum Gasteiger partial charge on any atom is 0.312 e. The van der Waals surface area contributed by atoms with Crippen LogP contribution in [0, 0.1) is 6.92 Å². The highest BCUT2D eigenvalue weighted by atomic mass is 16.4. The van der Waals surface area contributed by atoms with Crippen molar-refractivity contribution < 1.29 is 9.90 Å². The van der Waals surface area contributed by atoms with Gasteiger partial charge in [-0.05, 0) is 26.0 Å². The number of hydrogen-bond acceptors (Lipinski definition) is 2. The number of carbonyl (C=O) groups is 1. The number of benzene rings is 1. The van der Waals surface area contributed by atoms with Crippen LogP contribution in [0.15, 0.2) is 29.1 Å². The van der Waals surface area contributed by atoms with Gasteiger partial charge in [-0.2, -0.15) is 0 Å². The molecule has 88 valence electrons. The molecular weight excluding hydrogens is 218 g/mol. The molecule has 2 N–H and O–H groups in total. The minimum Gasteiger partial charge on any atom is -0.481 e. The molecule has 1 heterocycles. The first-order valence-corrected chi connectivity index (χ1v) is 5.35. The summed E-state index contributed by atoms with van der Waals surface area (Å²) in [6.45, 7) is 3.46. The minimum atomic E-state index is -0.952. The summed E-state index contributed by atoms with van der Waals surface area (Å²) in [6.07, 6.45) is 0. The highest BCUT2D eigenvalue weighted by Gasteiger charge is 2.15. The molecule has 0 spiro atoms. The predicted octanol–water partition coefficient (Wildman–Crippen LogP) is 2.02. The Hall–Kier alpha value is -2.10. The summed E-state index contributed by atoms with van der Waals surface area (Å²) in [5.74, 6) is -1.67. The van der Waals surface area contributed by atoms with E-state index in [-0.39, 0.29) is 5.43 Å². The van der Waals surface area contributed by atoms with Crippen LogP contribution < -0.4 is 5.43 Å². The van der Waals surface area contributed by atoms with Gasteiger partial charge in [0.25, 0.3) is 0 Å². The third-order valence-corrected chi connectivity index (χ3v) is 2.84. The van der Waals surface area contributed by atoms with Gasteiger partial charge in [-0.1, -0.05) is 11.6 Å². The Bertz CT molecular complexity index is 643. The lowest BCUT2D eigenvalue weighted by molar-refractivity contribution is -0.138. The second-order valence-corrected chi connectivity index (χ2v) is 4.20. The van der Waals surface area contributed by atoms with Gasteiger partial charge in [0.15, 0.2) is 5.43 Å². The second kappa shape index (κ2) is 4.05. The quantitative estimate of drug-likeness (QED) is 0.830. The van der Waals surface area contributed by atoms with Crippen LogP contribution in [0.5, 0.6) is 0 Å². The number of aromatic nitrogens is 1. The number of rotatable bonds is 2. The van der Waals surface area contributed by atoms with Crippen molar-refractivity contribution in [3.8, 4) is 0 Å². The number of carboxylic acid groups (broad SMARTS) is 1. The van der Waals surface area contributed by atoms with Crippen LogP contribution in [0.2, 0.25) is 0 Å². The van der Waals surface area contributed by atoms with Crippen molar-refractivity contribution in [1.82, 2.24) is 4.98 Å². The molecular formula is C13H13NO3. The van der Waals surface area contributed by atoms with Gasteiger partial charge < -0.3 is 10.1 Å². The van der Waals surface area contributed by atoms with Crippen LogP contribution in [0.1, 0.15) is 24.1 Å². The zero-order valence-electron chi connectivity index (χ0n) is 9.65. The van der Waals surface area contributed by atoms with Gasteiger partial charge in [-0.25, -0.2) is 0 Å². The van der Waals surface area contributed by atoms with E-state index in [1.165, 1.54) is 6.07 Å². The molecule has 1 unspecified atom stereocenters. The van der Waals surface area contributed by atoms with Crippen molar-refractivity contribution in [2.45, 2.75) is 19.8 Å². The van der Waals surface area contributed by atoms with E-state index in [4.69, 9.17) is 5.11 Å². The monoisotopic (exact) mass is 231 g/mol. The van der Waals surface area contributed by atoms with E-state index < -0.39 is 11.9 Å². The maximum absolute atomic E-state index is 11.9. The predicted molar refractivity (Wildman–Crippen MR) is 65.4 cm³/mol. The fourth-order valence-electron chi connectivity index (χ4n) is 1.75. The minimum absolute atomic E-state index is 0.148. The summed E-state index contributed by atoms with van der Waals surface area (Å²) in [7, 11) is 0. The lowest BCUT2D eigenvalue weighted by Gasteiger charge is -2.08. The summed E-state index contributed by atoms with van der Waals surface area (Å²) in [6, 6.07) is 6.83. The molecule has 0 aliphatic rings. The standard InChI is InChI=1S/C13H13NO3/c1-7-3-4-10-9(5-7)12(15)6-11(14-10)8(2)13(16)17/h3-6,8H,1-2H3,(H,14,15)(H,16,17). The van der Waals surface area contributed by atoms with Crippen LogP contribution in [-0.2, 0) is 4.79 Å². The van der Waals surface area contributed by atoms with Crippen molar-refractivity contribution >= 4 is 16.9 Å². The molecule has 2 rings (SSSR count). The van der Waals surface area contributed by atoms with Gasteiger partial charge in [0.05, 0.1) is 5.92 Å². The van der Waals surface area contributed by atoms with Crippen molar-refractivity contribution in [1.29, 1.82) is 0 Å². The summed E-state index contributed by atoms with van der Waals surface area (Å²) < 4.78 is 0. The highest BCUT2D eigenvalue weighted by molar-refractivity contribution is 5.81. The molecule has 0 saturated heterocycles. The van der Waals surface area contributed by atoms with Crippen LogP contribution in [0.4, 0.5) is 0 Å². The van der Waals surface area contributed by atoms with Crippen molar-refractivity contribution in [2.75, 3.05) is 0 Å². The molecule has 1 atom stereocenters. The summed E-state index contributed by atoms with van der Waals surface area (Å²) in [5, 5.41) is 9.51. The van der Waals surface area contributed by atoms with E-state index in [1.54, 1.807) is 19.1 Å². The number of fused-ring (bicyclic) bond motifs is 1. The molecule has 1 aromatic carbocycles. The van der Waals surface area contributed by atoms with E-state index in [1.807, 2.05) is 13.0 Å². The van der Waals surface area contributed by atoms with E-state index in [0.29, 0.717) is 16.6 Å². The third-order valence-electron chi connectivity index (χ3n) is 2.84. The van der Waals surface area contributed by atoms with Gasteiger partial charge in [0, 0.05) is 22.7 Å². The molecule has 17 heavy (non-hydrogen) atoms. The number of H-pyrrole nitrogens is 1. The Morgan fingerprint density at radius 2 is 2.06 bits per heavy atom. The van der Waals surface area contributed by atoms with Gasteiger partial charge in [-0.15, -0.1) is 0 Å². The lowest BCUT2D eigenvalue weighted by Crippen LogP contribution is -2.13. The Labute approximate surface area is 97.9 Å². The lowest BCUT2D eigenvalue weighted by atomic mass is 10.1. The Kier molecular flexibility index (Phi) is 2.71. The highest BCUT2D eigenvalue weighted by Crippen LogP contribution is 2.16. The molecule has 0 amide bonds. The maximum atomic E-state index is 11.9. The number of pyridine rings is 1. The van der Waals surface area contributed by atoms with Crippen LogP contribution in [0.3, 0.4) is 0 Å². The number of aliphatic carboxylic acids is 1. The molecule has 2 aromatic rings. The average Bonchev–Trinajstić information content (AvgIpc) is 2.28. The molecule has 4 nitrogen and oxygen atoms in total. The molecule has 1 aromatic heterocycles. The van der Waals surface area contributed by atoms with Crippen LogP contribution >= 0.6 is 0 Å². The van der Waals surface area contributed by atoms with Gasteiger partial charge in [0.2, 0.25) is 0 Å². The number of aromatic amines is 1. The third kappa shape index (κ3) is 2.06. The van der Waals surface area contributed by atoms with E-state index in [9.17, 15) is 9.59 Å². The number of hydrogen-bond donors (Lipinski definition) is 2. The molecule has 0 aliphatic heterocycles. The molecule has 0 saturated carbocycles. The van der Waals surface area contributed by atoms with Gasteiger partial charge >= 0.3 is 5.97 Å². The smallest absolute Gasteiger partial charge is 0.312 e. The first kappa shape index (κ1) is 11.4. The molecule has 0 bridgehead atoms. The Morgan fingerprint density at radius 3 is 2.71 bits per heavy atom. The average molecular weight is 231 g/mol. The first-order chi connectivity index (χ1) is 7.99. The van der Waals surface area contributed by atoms with Crippen molar-refractivity contribution in [3.05, 3.63) is 45.7 Å². The SMILES string of the molecule is Cc1ccc2[nH]c(C(C)C(=O)O)cc(=O)c2c1. The number of aryl methyl sites for hydroxylation is 1. The van der Waals surface area contributed by atoms with Crippen molar-refractivity contribution in [3.63, 3.8) is 0 Å². The topological polar surface area (TPSA) is 70.2 Å². The van der Waals surface area contributed by atoms with Gasteiger partial charge in [0.1, 0.15) is 0 Å². The second-order valence-electron chi connectivity index (χ2n) is 4.20. The van der Waals surface area contributed by atoms with Crippen LogP contribution in [0.25, 0.3) is 10.9 Å². The molecule has 4 heteroatoms. The van der Waals surface area contributed by atoms with E-state index in [2.05, 4.69) is 4.98 Å². The summed E-state index contributed by atoms with van der Waals surface area (Å²) in [4.78, 5) is 25.7. The summed E-state index contributed by atoms with van der Waals surface area (Å²) in [5.41, 5.74) is 1.96. The normalized spacial score (nSPS) is 12.6. The summed E-state index contributed by atoms with van der Waals surface area (Å²) >= 11 is 0. The largest absolute Gasteiger partial charge is 0.481 e. The van der Waals surface area contributed by atoms with Gasteiger partial charge in [-0.3, -0.25) is 9.59 Å². The molecule has 0 fully saturated rings. The van der Waals surface area contributed by atoms with Crippen LogP contribution in [-0.4, -0.2) is 16.1 Å². The van der Waals surface area contributed by atoms with E-state index in [0.717, 1.165) is 5.56 Å². The number of nitrogens with one attached hydrogen (secondary N) is 1. The Morgan fingerprint density at radius 1 is 1.35 bits per heavy atom.